The summed E-state index contributed by atoms with van der Waals surface area (Å²) in [6.45, 7) is 2.05. The summed E-state index contributed by atoms with van der Waals surface area (Å²) < 4.78 is 15.1. The Morgan fingerprint density at radius 1 is 1.27 bits per heavy atom. The van der Waals surface area contributed by atoms with E-state index in [2.05, 4.69) is 20.3 Å². The van der Waals surface area contributed by atoms with E-state index in [0.717, 1.165) is 5.56 Å². The molecule has 0 saturated carbocycles. The number of fused-ring (bicyclic) bond motifs is 1. The minimum absolute atomic E-state index is 0.0582. The molecular weight excluding hydrogens is 285 g/mol. The van der Waals surface area contributed by atoms with E-state index in [9.17, 15) is 9.18 Å². The molecule has 0 aliphatic rings. The first-order valence-corrected chi connectivity index (χ1v) is 6.79. The van der Waals surface area contributed by atoms with Gasteiger partial charge >= 0.3 is 6.08 Å². The smallest absolute Gasteiger partial charge is 0.312 e. The van der Waals surface area contributed by atoms with Gasteiger partial charge in [0.15, 0.2) is 17.0 Å². The fourth-order valence-corrected chi connectivity index (χ4v) is 2.18. The zero-order chi connectivity index (χ0) is 15.5. The van der Waals surface area contributed by atoms with Crippen LogP contribution in [0.4, 0.5) is 10.2 Å². The number of halogens is 1. The maximum absolute atomic E-state index is 13.6. The number of hydrogen-bond acceptors (Lipinski definition) is 5. The van der Waals surface area contributed by atoms with Gasteiger partial charge in [-0.2, -0.15) is 14.4 Å². The Morgan fingerprint density at radius 3 is 2.77 bits per heavy atom. The largest absolute Gasteiger partial charge is 0.364 e. The second kappa shape index (κ2) is 5.88. The van der Waals surface area contributed by atoms with Gasteiger partial charge in [-0.05, 0) is 12.5 Å². The van der Waals surface area contributed by atoms with Crippen molar-refractivity contribution in [2.45, 2.75) is 20.0 Å². The minimum Gasteiger partial charge on any atom is -0.364 e. The number of nitrogens with zero attached hydrogens (tertiary/aromatic N) is 4. The molecule has 22 heavy (non-hydrogen) atoms. The van der Waals surface area contributed by atoms with Gasteiger partial charge in [-0.15, -0.1) is 0 Å². The van der Waals surface area contributed by atoms with Gasteiger partial charge in [-0.3, -0.25) is 4.79 Å². The van der Waals surface area contributed by atoms with E-state index in [1.807, 2.05) is 30.3 Å². The van der Waals surface area contributed by atoms with E-state index in [0.29, 0.717) is 23.5 Å². The highest BCUT2D eigenvalue weighted by atomic mass is 19.1. The molecule has 0 bridgehead atoms. The van der Waals surface area contributed by atoms with Crippen LogP contribution in [0.1, 0.15) is 12.5 Å². The summed E-state index contributed by atoms with van der Waals surface area (Å²) in [6.07, 6.45) is 0.613. The summed E-state index contributed by atoms with van der Waals surface area (Å²) >= 11 is 0. The third-order valence-electron chi connectivity index (χ3n) is 3.13. The van der Waals surface area contributed by atoms with E-state index in [4.69, 9.17) is 0 Å². The molecule has 0 spiro atoms. The lowest BCUT2D eigenvalue weighted by atomic mass is 10.2. The highest BCUT2D eigenvalue weighted by Gasteiger charge is 2.13. The average molecular weight is 299 g/mol. The van der Waals surface area contributed by atoms with Crippen molar-refractivity contribution in [1.29, 1.82) is 0 Å². The lowest BCUT2D eigenvalue weighted by Crippen LogP contribution is -2.08. The number of imidazole rings is 1. The molecule has 0 atom stereocenters. The van der Waals surface area contributed by atoms with Crippen molar-refractivity contribution in [3.8, 4) is 0 Å². The van der Waals surface area contributed by atoms with Crippen LogP contribution in [0.25, 0.3) is 11.2 Å². The van der Waals surface area contributed by atoms with Crippen molar-refractivity contribution >= 4 is 22.8 Å². The number of hydrogen-bond donors (Lipinski definition) is 1. The van der Waals surface area contributed by atoms with Crippen molar-refractivity contribution in [2.75, 3.05) is 5.32 Å². The van der Waals surface area contributed by atoms with Gasteiger partial charge in [-0.1, -0.05) is 30.3 Å². The van der Waals surface area contributed by atoms with Crippen molar-refractivity contribution in [3.63, 3.8) is 0 Å². The van der Waals surface area contributed by atoms with E-state index < -0.39 is 6.08 Å². The maximum atomic E-state index is 13.6. The van der Waals surface area contributed by atoms with Gasteiger partial charge in [0.25, 0.3) is 0 Å². The number of benzene rings is 1. The first-order chi connectivity index (χ1) is 10.6. The molecular formula is C15H14FN5O. The molecule has 1 N–H and O–H groups in total. The Kier molecular flexibility index (Phi) is 3.78. The molecule has 112 valence electrons. The second-order valence-electron chi connectivity index (χ2n) is 4.93. The summed E-state index contributed by atoms with van der Waals surface area (Å²) in [5.41, 5.74) is 1.79. The number of carbonyl (C=O) groups excluding carboxylic acids is 1. The Balaban J connectivity index is 1.92. The van der Waals surface area contributed by atoms with Crippen molar-refractivity contribution in [2.24, 2.45) is 0 Å². The lowest BCUT2D eigenvalue weighted by Gasteiger charge is -2.07. The highest BCUT2D eigenvalue weighted by molar-refractivity contribution is 5.84. The van der Waals surface area contributed by atoms with Gasteiger partial charge < -0.3 is 9.88 Å². The Morgan fingerprint density at radius 2 is 2.05 bits per heavy atom. The molecule has 3 rings (SSSR count). The van der Waals surface area contributed by atoms with Crippen LogP contribution in [0, 0.1) is 6.08 Å². The van der Waals surface area contributed by atoms with E-state index >= 15 is 0 Å². The molecule has 0 aliphatic carbocycles. The Bertz CT molecular complexity index is 815. The van der Waals surface area contributed by atoms with Crippen LogP contribution < -0.4 is 5.32 Å². The third-order valence-corrected chi connectivity index (χ3v) is 3.13. The van der Waals surface area contributed by atoms with Crippen LogP contribution in [0.2, 0.25) is 0 Å². The fraction of sp³-hybridized carbons (Fsp3) is 0.200. The molecule has 2 heterocycles. The Labute approximate surface area is 126 Å². The SMILES string of the molecule is CC(=O)Cn1cnc2c(NCc3ccccc3)nc(F)nc21. The molecule has 0 aliphatic heterocycles. The van der Waals surface area contributed by atoms with Gasteiger partial charge in [-0.25, -0.2) is 4.98 Å². The zero-order valence-corrected chi connectivity index (χ0v) is 12.0. The van der Waals surface area contributed by atoms with E-state index in [1.165, 1.54) is 17.8 Å². The number of rotatable bonds is 5. The first-order valence-electron chi connectivity index (χ1n) is 6.79. The fourth-order valence-electron chi connectivity index (χ4n) is 2.18. The predicted octanol–water partition coefficient (Wildman–Crippen LogP) is 2.17. The van der Waals surface area contributed by atoms with E-state index in [-0.39, 0.29) is 12.3 Å². The molecule has 0 radical (unpaired) electrons. The second-order valence-corrected chi connectivity index (χ2v) is 4.93. The molecule has 0 saturated heterocycles. The number of carbonyl (C=O) groups is 1. The number of nitrogens with one attached hydrogen (secondary N) is 1. The van der Waals surface area contributed by atoms with Crippen molar-refractivity contribution in [3.05, 3.63) is 48.3 Å². The summed E-state index contributed by atoms with van der Waals surface area (Å²) in [7, 11) is 0. The number of Topliss-reactive ketones (excluding diaryl/α,β-unsaturated/α-hetero) is 1. The van der Waals surface area contributed by atoms with Crippen LogP contribution in [0.15, 0.2) is 36.7 Å². The molecule has 0 fully saturated rings. The van der Waals surface area contributed by atoms with Gasteiger partial charge in [0.2, 0.25) is 0 Å². The molecule has 3 aromatic rings. The van der Waals surface area contributed by atoms with Gasteiger partial charge in [0, 0.05) is 6.54 Å². The third kappa shape index (κ3) is 2.93. The number of ketones is 1. The minimum atomic E-state index is -0.853. The molecule has 0 amide bonds. The number of anilines is 1. The summed E-state index contributed by atoms with van der Waals surface area (Å²) in [6, 6.07) is 9.69. The van der Waals surface area contributed by atoms with Gasteiger partial charge in [0.1, 0.15) is 5.78 Å². The van der Waals surface area contributed by atoms with E-state index in [1.54, 1.807) is 0 Å². The van der Waals surface area contributed by atoms with Crippen LogP contribution in [-0.4, -0.2) is 25.3 Å². The molecule has 0 unspecified atom stereocenters. The van der Waals surface area contributed by atoms with Crippen molar-refractivity contribution < 1.29 is 9.18 Å². The van der Waals surface area contributed by atoms with Crippen LogP contribution in [0.3, 0.4) is 0 Å². The van der Waals surface area contributed by atoms with Gasteiger partial charge in [0.05, 0.1) is 12.9 Å². The summed E-state index contributed by atoms with van der Waals surface area (Å²) in [4.78, 5) is 22.9. The normalized spacial score (nSPS) is 10.8. The molecule has 6 nitrogen and oxygen atoms in total. The zero-order valence-electron chi connectivity index (χ0n) is 12.0. The Hall–Kier alpha value is -2.83. The van der Waals surface area contributed by atoms with Crippen LogP contribution in [0.5, 0.6) is 0 Å². The molecule has 7 heteroatoms. The van der Waals surface area contributed by atoms with Crippen molar-refractivity contribution in [1.82, 2.24) is 19.5 Å². The monoisotopic (exact) mass is 299 g/mol. The average Bonchev–Trinajstić information content (AvgIpc) is 2.88. The molecule has 2 aromatic heterocycles. The summed E-state index contributed by atoms with van der Waals surface area (Å²) in [5, 5.41) is 3.06. The van der Waals surface area contributed by atoms with Crippen LogP contribution in [-0.2, 0) is 17.9 Å². The summed E-state index contributed by atoms with van der Waals surface area (Å²) in [5.74, 6) is 0.255. The quantitative estimate of drug-likeness (QED) is 0.731. The lowest BCUT2D eigenvalue weighted by molar-refractivity contribution is -0.117. The standard InChI is InChI=1S/C15H14FN5O/c1-10(22)8-21-9-18-12-13(19-15(16)20-14(12)21)17-7-11-5-3-2-4-6-11/h2-6,9H,7-8H2,1H3,(H,17,19,20). The van der Waals surface area contributed by atoms with Crippen LogP contribution >= 0.6 is 0 Å². The topological polar surface area (TPSA) is 72.7 Å². The first kappa shape index (κ1) is 14.1. The highest BCUT2D eigenvalue weighted by Crippen LogP contribution is 2.19. The predicted molar refractivity (Wildman–Crippen MR) is 79.7 cm³/mol. The molecule has 1 aromatic carbocycles. The number of aromatic nitrogens is 4. The maximum Gasteiger partial charge on any atom is 0.312 e.